The molecule has 4 heteroatoms. The number of rotatable bonds is 3. The lowest BCUT2D eigenvalue weighted by molar-refractivity contribution is 0.874. The fourth-order valence-corrected chi connectivity index (χ4v) is 3.04. The van der Waals surface area contributed by atoms with Crippen molar-refractivity contribution >= 4 is 27.2 Å². The summed E-state index contributed by atoms with van der Waals surface area (Å²) in [6, 6.07) is 17.9. The van der Waals surface area contributed by atoms with Crippen molar-refractivity contribution in [3.63, 3.8) is 0 Å². The number of benzene rings is 2. The smallest absolute Gasteiger partial charge is 0.116 e. The highest BCUT2D eigenvalue weighted by atomic mass is 32.1. The molecule has 2 aromatic carbocycles. The molecule has 98 valence electrons. The van der Waals surface area contributed by atoms with Gasteiger partial charge in [-0.1, -0.05) is 18.2 Å². The molecule has 1 atom stereocenters. The average Bonchev–Trinajstić information content (AvgIpc) is 2.91. The van der Waals surface area contributed by atoms with Crippen molar-refractivity contribution in [1.82, 2.24) is 4.98 Å². The minimum atomic E-state index is 0.112. The Kier molecular flexibility index (Phi) is 3.36. The predicted molar refractivity (Wildman–Crippen MR) is 82.8 cm³/mol. The van der Waals surface area contributed by atoms with E-state index >= 15 is 0 Å². The Morgan fingerprint density at radius 3 is 2.85 bits per heavy atom. The Hall–Kier alpha value is -2.38. The van der Waals surface area contributed by atoms with Crippen LogP contribution < -0.4 is 5.32 Å². The zero-order valence-corrected chi connectivity index (χ0v) is 11.8. The number of thiazole rings is 1. The Bertz CT molecular complexity index is 753. The van der Waals surface area contributed by atoms with Gasteiger partial charge in [0.25, 0.3) is 0 Å². The van der Waals surface area contributed by atoms with E-state index in [9.17, 15) is 0 Å². The first-order valence-electron chi connectivity index (χ1n) is 6.38. The topological polar surface area (TPSA) is 48.7 Å². The molecule has 0 bridgehead atoms. The molecule has 3 nitrogen and oxygen atoms in total. The first kappa shape index (κ1) is 12.6. The van der Waals surface area contributed by atoms with E-state index in [4.69, 9.17) is 5.26 Å². The molecular weight excluding hydrogens is 266 g/mol. The Morgan fingerprint density at radius 1 is 1.20 bits per heavy atom. The molecule has 1 aromatic heterocycles. The quantitative estimate of drug-likeness (QED) is 0.775. The Labute approximate surface area is 121 Å². The second kappa shape index (κ2) is 5.32. The number of para-hydroxylation sites is 1. The Balaban J connectivity index is 1.85. The third-order valence-corrected chi connectivity index (χ3v) is 4.27. The highest BCUT2D eigenvalue weighted by Gasteiger charge is 2.11. The third-order valence-electron chi connectivity index (χ3n) is 3.06. The predicted octanol–water partition coefficient (Wildman–Crippen LogP) is 4.34. The lowest BCUT2D eigenvalue weighted by atomic mass is 10.2. The van der Waals surface area contributed by atoms with Crippen LogP contribution in [-0.4, -0.2) is 4.98 Å². The number of nitriles is 1. The number of fused-ring (bicyclic) bond motifs is 1. The highest BCUT2D eigenvalue weighted by Crippen LogP contribution is 2.28. The van der Waals surface area contributed by atoms with Gasteiger partial charge in [0.05, 0.1) is 27.9 Å². The number of hydrogen-bond acceptors (Lipinski definition) is 4. The van der Waals surface area contributed by atoms with E-state index in [0.717, 1.165) is 16.2 Å². The molecule has 1 unspecified atom stereocenters. The van der Waals surface area contributed by atoms with Crippen LogP contribution in [0.3, 0.4) is 0 Å². The molecule has 0 fully saturated rings. The maximum absolute atomic E-state index is 8.92. The van der Waals surface area contributed by atoms with Crippen LogP contribution in [0.5, 0.6) is 0 Å². The third kappa shape index (κ3) is 2.49. The second-order valence-electron chi connectivity index (χ2n) is 4.58. The van der Waals surface area contributed by atoms with Gasteiger partial charge < -0.3 is 5.32 Å². The molecule has 0 spiro atoms. The van der Waals surface area contributed by atoms with Crippen molar-refractivity contribution in [2.75, 3.05) is 5.32 Å². The SMILES string of the molecule is CC(Nc1cccc(C#N)c1)c1nc2ccccc2s1. The molecule has 3 rings (SSSR count). The van der Waals surface area contributed by atoms with E-state index in [1.807, 2.05) is 36.4 Å². The summed E-state index contributed by atoms with van der Waals surface area (Å²) in [5, 5.41) is 13.4. The summed E-state index contributed by atoms with van der Waals surface area (Å²) >= 11 is 1.70. The van der Waals surface area contributed by atoms with Crippen molar-refractivity contribution < 1.29 is 0 Å². The Morgan fingerprint density at radius 2 is 2.05 bits per heavy atom. The molecule has 0 amide bonds. The normalized spacial score (nSPS) is 12.0. The standard InChI is InChI=1S/C16H13N3S/c1-11(18-13-6-4-5-12(9-13)10-17)16-19-14-7-2-3-8-15(14)20-16/h2-9,11,18H,1H3. The van der Waals surface area contributed by atoms with E-state index in [1.165, 1.54) is 4.70 Å². The van der Waals surface area contributed by atoms with Crippen LogP contribution in [0.1, 0.15) is 23.5 Å². The fraction of sp³-hybridized carbons (Fsp3) is 0.125. The van der Waals surface area contributed by atoms with Gasteiger partial charge in [-0.05, 0) is 37.3 Å². The zero-order valence-electron chi connectivity index (χ0n) is 11.0. The van der Waals surface area contributed by atoms with Gasteiger partial charge in [0.1, 0.15) is 5.01 Å². The molecule has 0 aliphatic rings. The summed E-state index contributed by atoms with van der Waals surface area (Å²) in [5.74, 6) is 0. The van der Waals surface area contributed by atoms with Gasteiger partial charge in [0, 0.05) is 5.69 Å². The molecular formula is C16H13N3S. The molecule has 0 aliphatic carbocycles. The van der Waals surface area contributed by atoms with Crippen LogP contribution in [-0.2, 0) is 0 Å². The molecule has 0 saturated carbocycles. The molecule has 1 heterocycles. The summed E-state index contributed by atoms with van der Waals surface area (Å²) < 4.78 is 1.20. The highest BCUT2D eigenvalue weighted by molar-refractivity contribution is 7.18. The maximum Gasteiger partial charge on any atom is 0.116 e. The summed E-state index contributed by atoms with van der Waals surface area (Å²) in [6.07, 6.45) is 0. The van der Waals surface area contributed by atoms with Crippen molar-refractivity contribution in [3.05, 3.63) is 59.1 Å². The fourth-order valence-electron chi connectivity index (χ4n) is 2.07. The van der Waals surface area contributed by atoms with Gasteiger partial charge in [0.15, 0.2) is 0 Å². The van der Waals surface area contributed by atoms with Crippen LogP contribution in [0.25, 0.3) is 10.2 Å². The number of nitrogens with zero attached hydrogens (tertiary/aromatic N) is 2. The summed E-state index contributed by atoms with van der Waals surface area (Å²) in [4.78, 5) is 4.64. The van der Waals surface area contributed by atoms with Crippen LogP contribution in [0.15, 0.2) is 48.5 Å². The average molecular weight is 279 g/mol. The zero-order chi connectivity index (χ0) is 13.9. The number of anilines is 1. The summed E-state index contributed by atoms with van der Waals surface area (Å²) in [5.41, 5.74) is 2.63. The molecule has 20 heavy (non-hydrogen) atoms. The van der Waals surface area contributed by atoms with E-state index in [0.29, 0.717) is 5.56 Å². The number of nitrogens with one attached hydrogen (secondary N) is 1. The maximum atomic E-state index is 8.92. The van der Waals surface area contributed by atoms with Gasteiger partial charge >= 0.3 is 0 Å². The minimum absolute atomic E-state index is 0.112. The second-order valence-corrected chi connectivity index (χ2v) is 5.64. The van der Waals surface area contributed by atoms with Crippen molar-refractivity contribution in [1.29, 1.82) is 5.26 Å². The van der Waals surface area contributed by atoms with Crippen LogP contribution in [0.4, 0.5) is 5.69 Å². The van der Waals surface area contributed by atoms with E-state index in [2.05, 4.69) is 29.4 Å². The number of aromatic nitrogens is 1. The first-order chi connectivity index (χ1) is 9.76. The number of hydrogen-bond donors (Lipinski definition) is 1. The summed E-state index contributed by atoms with van der Waals surface area (Å²) in [7, 11) is 0. The lowest BCUT2D eigenvalue weighted by Gasteiger charge is -2.12. The largest absolute Gasteiger partial charge is 0.376 e. The van der Waals surface area contributed by atoms with E-state index in [1.54, 1.807) is 17.4 Å². The van der Waals surface area contributed by atoms with Gasteiger partial charge in [0.2, 0.25) is 0 Å². The molecule has 0 saturated heterocycles. The lowest BCUT2D eigenvalue weighted by Crippen LogP contribution is -2.06. The van der Waals surface area contributed by atoms with E-state index < -0.39 is 0 Å². The van der Waals surface area contributed by atoms with Gasteiger partial charge in [-0.25, -0.2) is 4.98 Å². The molecule has 0 aliphatic heterocycles. The first-order valence-corrected chi connectivity index (χ1v) is 7.20. The van der Waals surface area contributed by atoms with Crippen molar-refractivity contribution in [2.45, 2.75) is 13.0 Å². The monoisotopic (exact) mass is 279 g/mol. The van der Waals surface area contributed by atoms with E-state index in [-0.39, 0.29) is 6.04 Å². The van der Waals surface area contributed by atoms with Gasteiger partial charge in [-0.2, -0.15) is 5.26 Å². The summed E-state index contributed by atoms with van der Waals surface area (Å²) in [6.45, 7) is 2.08. The molecule has 0 radical (unpaired) electrons. The van der Waals surface area contributed by atoms with Crippen molar-refractivity contribution in [3.8, 4) is 6.07 Å². The molecule has 3 aromatic rings. The van der Waals surface area contributed by atoms with Crippen LogP contribution in [0, 0.1) is 11.3 Å². The van der Waals surface area contributed by atoms with Crippen LogP contribution in [0.2, 0.25) is 0 Å². The molecule has 1 N–H and O–H groups in total. The van der Waals surface area contributed by atoms with Gasteiger partial charge in [-0.3, -0.25) is 0 Å². The van der Waals surface area contributed by atoms with Crippen LogP contribution >= 0.6 is 11.3 Å². The minimum Gasteiger partial charge on any atom is -0.376 e. The van der Waals surface area contributed by atoms with Gasteiger partial charge in [-0.15, -0.1) is 11.3 Å². The van der Waals surface area contributed by atoms with Crippen molar-refractivity contribution in [2.24, 2.45) is 0 Å².